The quantitative estimate of drug-likeness (QED) is 0.748. The molecule has 1 atom stereocenters. The van der Waals surface area contributed by atoms with Gasteiger partial charge in [0.15, 0.2) is 0 Å². The highest BCUT2D eigenvalue weighted by molar-refractivity contribution is 6.01. The van der Waals surface area contributed by atoms with E-state index in [9.17, 15) is 14.7 Å². The lowest BCUT2D eigenvalue weighted by Gasteiger charge is -2.18. The molecule has 116 valence electrons. The second-order valence-electron chi connectivity index (χ2n) is 5.30. The summed E-state index contributed by atoms with van der Waals surface area (Å²) in [6.07, 6.45) is 2.74. The van der Waals surface area contributed by atoms with Crippen LogP contribution in [0.2, 0.25) is 0 Å². The Morgan fingerprint density at radius 1 is 1.24 bits per heavy atom. The molecule has 0 spiro atoms. The van der Waals surface area contributed by atoms with Crippen LogP contribution in [0.5, 0.6) is 0 Å². The van der Waals surface area contributed by atoms with Crippen molar-refractivity contribution in [3.05, 3.63) is 28.8 Å². The minimum atomic E-state index is -1.04. The van der Waals surface area contributed by atoms with Gasteiger partial charge in [-0.1, -0.05) is 26.3 Å². The van der Waals surface area contributed by atoms with Gasteiger partial charge in [-0.25, -0.2) is 9.59 Å². The number of hydrogen-bond acceptors (Lipinski definition) is 2. The third-order valence-corrected chi connectivity index (χ3v) is 3.41. The highest BCUT2D eigenvalue weighted by Crippen LogP contribution is 2.23. The van der Waals surface area contributed by atoms with Crippen LogP contribution >= 0.6 is 0 Å². The van der Waals surface area contributed by atoms with E-state index < -0.39 is 5.97 Å². The van der Waals surface area contributed by atoms with Gasteiger partial charge in [0.1, 0.15) is 0 Å². The first-order valence-corrected chi connectivity index (χ1v) is 7.31. The van der Waals surface area contributed by atoms with E-state index in [0.717, 1.165) is 30.4 Å². The monoisotopic (exact) mass is 292 g/mol. The second-order valence-corrected chi connectivity index (χ2v) is 5.30. The number of rotatable bonds is 6. The van der Waals surface area contributed by atoms with Crippen molar-refractivity contribution in [2.24, 2.45) is 0 Å². The van der Waals surface area contributed by atoms with Crippen LogP contribution in [0.3, 0.4) is 0 Å². The number of aromatic carboxylic acids is 1. The number of anilines is 1. The van der Waals surface area contributed by atoms with E-state index in [1.807, 2.05) is 19.9 Å². The van der Waals surface area contributed by atoms with Crippen LogP contribution in [0.4, 0.5) is 10.5 Å². The van der Waals surface area contributed by atoms with Gasteiger partial charge in [-0.05, 0) is 43.9 Å². The number of carboxylic acid groups (broad SMARTS) is 1. The van der Waals surface area contributed by atoms with Gasteiger partial charge in [0.25, 0.3) is 0 Å². The zero-order valence-electron chi connectivity index (χ0n) is 13.1. The maximum Gasteiger partial charge on any atom is 0.337 e. The molecule has 2 amide bonds. The Kier molecular flexibility index (Phi) is 6.21. The van der Waals surface area contributed by atoms with Crippen molar-refractivity contribution >= 4 is 17.7 Å². The van der Waals surface area contributed by atoms with Gasteiger partial charge in [-0.15, -0.1) is 0 Å². The number of amides is 2. The third kappa shape index (κ3) is 4.77. The van der Waals surface area contributed by atoms with Crippen LogP contribution in [-0.4, -0.2) is 23.1 Å². The average Bonchev–Trinajstić information content (AvgIpc) is 2.40. The standard InChI is InChI=1S/C16H24N2O3/c1-5-7-12(6-2)17-16(21)18-14-11(4)8-10(3)9-13(14)15(19)20/h8-9,12H,5-7H2,1-4H3,(H,19,20)(H2,17,18,21). The molecule has 21 heavy (non-hydrogen) atoms. The van der Waals surface area contributed by atoms with Crippen molar-refractivity contribution in [1.29, 1.82) is 0 Å². The first-order valence-electron chi connectivity index (χ1n) is 7.31. The molecule has 1 rings (SSSR count). The summed E-state index contributed by atoms with van der Waals surface area (Å²) >= 11 is 0. The van der Waals surface area contributed by atoms with Gasteiger partial charge >= 0.3 is 12.0 Å². The molecule has 0 radical (unpaired) electrons. The Bertz CT molecular complexity index is 526. The summed E-state index contributed by atoms with van der Waals surface area (Å²) in [7, 11) is 0. The lowest BCUT2D eigenvalue weighted by molar-refractivity contribution is 0.0698. The minimum Gasteiger partial charge on any atom is -0.478 e. The molecule has 0 aliphatic heterocycles. The number of aryl methyl sites for hydroxylation is 2. The molecule has 0 bridgehead atoms. The molecule has 1 aromatic carbocycles. The Hall–Kier alpha value is -2.04. The van der Waals surface area contributed by atoms with Crippen LogP contribution in [-0.2, 0) is 0 Å². The molecule has 0 aromatic heterocycles. The SMILES string of the molecule is CCCC(CC)NC(=O)Nc1c(C)cc(C)cc1C(=O)O. The molecular weight excluding hydrogens is 268 g/mol. The fraction of sp³-hybridized carbons (Fsp3) is 0.500. The van der Waals surface area contributed by atoms with E-state index >= 15 is 0 Å². The van der Waals surface area contributed by atoms with E-state index in [1.165, 1.54) is 0 Å². The Morgan fingerprint density at radius 3 is 2.43 bits per heavy atom. The number of nitrogens with one attached hydrogen (secondary N) is 2. The summed E-state index contributed by atoms with van der Waals surface area (Å²) in [4.78, 5) is 23.4. The summed E-state index contributed by atoms with van der Waals surface area (Å²) < 4.78 is 0. The first-order chi connectivity index (χ1) is 9.88. The molecule has 1 unspecified atom stereocenters. The molecular formula is C16H24N2O3. The highest BCUT2D eigenvalue weighted by Gasteiger charge is 2.17. The van der Waals surface area contributed by atoms with Crippen molar-refractivity contribution in [3.8, 4) is 0 Å². The number of urea groups is 1. The normalized spacial score (nSPS) is 11.8. The Labute approximate surface area is 125 Å². The third-order valence-electron chi connectivity index (χ3n) is 3.41. The van der Waals surface area contributed by atoms with Gasteiger partial charge < -0.3 is 15.7 Å². The van der Waals surface area contributed by atoms with Gasteiger partial charge in [-0.2, -0.15) is 0 Å². The highest BCUT2D eigenvalue weighted by atomic mass is 16.4. The number of benzene rings is 1. The van der Waals surface area contributed by atoms with Crippen molar-refractivity contribution in [2.75, 3.05) is 5.32 Å². The zero-order valence-corrected chi connectivity index (χ0v) is 13.1. The topological polar surface area (TPSA) is 78.4 Å². The average molecular weight is 292 g/mol. The fourth-order valence-electron chi connectivity index (χ4n) is 2.36. The molecule has 0 aliphatic rings. The Balaban J connectivity index is 2.92. The molecule has 0 saturated carbocycles. The van der Waals surface area contributed by atoms with Gasteiger partial charge in [0, 0.05) is 6.04 Å². The summed E-state index contributed by atoms with van der Waals surface area (Å²) in [5, 5.41) is 14.8. The summed E-state index contributed by atoms with van der Waals surface area (Å²) in [6.45, 7) is 7.70. The van der Waals surface area contributed by atoms with E-state index in [-0.39, 0.29) is 17.6 Å². The summed E-state index contributed by atoms with van der Waals surface area (Å²) in [6, 6.07) is 3.17. The summed E-state index contributed by atoms with van der Waals surface area (Å²) in [5.74, 6) is -1.04. The van der Waals surface area contributed by atoms with E-state index in [2.05, 4.69) is 17.6 Å². The maximum absolute atomic E-state index is 12.1. The van der Waals surface area contributed by atoms with Gasteiger partial charge in [-0.3, -0.25) is 0 Å². The molecule has 0 aliphatic carbocycles. The number of hydrogen-bond donors (Lipinski definition) is 3. The molecule has 0 fully saturated rings. The molecule has 5 heteroatoms. The van der Waals surface area contributed by atoms with E-state index in [1.54, 1.807) is 13.0 Å². The number of carbonyl (C=O) groups excluding carboxylic acids is 1. The number of carbonyl (C=O) groups is 2. The van der Waals surface area contributed by atoms with Crippen LogP contribution in [0, 0.1) is 13.8 Å². The lowest BCUT2D eigenvalue weighted by atomic mass is 10.0. The predicted molar refractivity (Wildman–Crippen MR) is 84.0 cm³/mol. The van der Waals surface area contributed by atoms with E-state index in [0.29, 0.717) is 5.69 Å². The maximum atomic E-state index is 12.1. The van der Waals surface area contributed by atoms with Crippen LogP contribution < -0.4 is 10.6 Å². The first kappa shape index (κ1) is 17.0. The predicted octanol–water partition coefficient (Wildman–Crippen LogP) is 3.70. The lowest BCUT2D eigenvalue weighted by Crippen LogP contribution is -2.38. The zero-order chi connectivity index (χ0) is 16.0. The number of carboxylic acids is 1. The molecule has 3 N–H and O–H groups in total. The van der Waals surface area contributed by atoms with Gasteiger partial charge in [0.2, 0.25) is 0 Å². The second kappa shape index (κ2) is 7.67. The molecule has 1 aromatic rings. The molecule has 5 nitrogen and oxygen atoms in total. The smallest absolute Gasteiger partial charge is 0.337 e. The fourth-order valence-corrected chi connectivity index (χ4v) is 2.36. The van der Waals surface area contributed by atoms with Crippen molar-refractivity contribution < 1.29 is 14.7 Å². The Morgan fingerprint density at radius 2 is 1.90 bits per heavy atom. The minimum absolute atomic E-state index is 0.106. The van der Waals surface area contributed by atoms with Crippen molar-refractivity contribution in [3.63, 3.8) is 0 Å². The van der Waals surface area contributed by atoms with Crippen molar-refractivity contribution in [2.45, 2.75) is 53.0 Å². The van der Waals surface area contributed by atoms with Gasteiger partial charge in [0.05, 0.1) is 11.3 Å². The molecule has 0 saturated heterocycles. The summed E-state index contributed by atoms with van der Waals surface area (Å²) in [5.41, 5.74) is 2.07. The largest absolute Gasteiger partial charge is 0.478 e. The van der Waals surface area contributed by atoms with Crippen LogP contribution in [0.1, 0.15) is 54.6 Å². The van der Waals surface area contributed by atoms with E-state index in [4.69, 9.17) is 0 Å². The van der Waals surface area contributed by atoms with Crippen LogP contribution in [0.15, 0.2) is 12.1 Å². The molecule has 0 heterocycles. The van der Waals surface area contributed by atoms with Crippen LogP contribution in [0.25, 0.3) is 0 Å². The van der Waals surface area contributed by atoms with Crippen molar-refractivity contribution in [1.82, 2.24) is 5.32 Å².